The van der Waals surface area contributed by atoms with E-state index in [1.807, 2.05) is 0 Å². The van der Waals surface area contributed by atoms with Crippen molar-refractivity contribution in [3.05, 3.63) is 32.7 Å². The van der Waals surface area contributed by atoms with E-state index < -0.39 is 27.7 Å². The second-order valence-corrected chi connectivity index (χ2v) is 11.2. The molecule has 2 N–H and O–H groups in total. The number of carbonyl (C=O) groups is 2. The van der Waals surface area contributed by atoms with Gasteiger partial charge in [-0.1, -0.05) is 11.8 Å². The van der Waals surface area contributed by atoms with Crippen LogP contribution in [0.5, 0.6) is 11.5 Å². The molecule has 11 heteroatoms. The van der Waals surface area contributed by atoms with Gasteiger partial charge in [-0.2, -0.15) is 5.01 Å². The molecule has 33 heavy (non-hydrogen) atoms. The van der Waals surface area contributed by atoms with Crippen molar-refractivity contribution in [2.45, 2.75) is 38.5 Å². The third-order valence-electron chi connectivity index (χ3n) is 7.32. The number of benzene rings is 1. The number of hydrazine groups is 1. The summed E-state index contributed by atoms with van der Waals surface area (Å²) in [6.45, 7) is 0. The van der Waals surface area contributed by atoms with Gasteiger partial charge in [-0.25, -0.2) is 0 Å². The second-order valence-electron chi connectivity index (χ2n) is 9.50. The molecular formula is C22H23N3O6S2. The highest BCUT2D eigenvalue weighted by atomic mass is 32.2. The number of phenols is 1. The number of nitro groups is 1. The summed E-state index contributed by atoms with van der Waals surface area (Å²) in [5, 5.41) is 22.3. The number of aromatic hydroxyl groups is 1. The molecule has 0 atom stereocenters. The Morgan fingerprint density at radius 2 is 1.91 bits per heavy atom. The van der Waals surface area contributed by atoms with Gasteiger partial charge < -0.3 is 9.84 Å². The zero-order valence-electron chi connectivity index (χ0n) is 17.9. The Morgan fingerprint density at radius 3 is 2.45 bits per heavy atom. The van der Waals surface area contributed by atoms with Crippen molar-refractivity contribution >= 4 is 51.9 Å². The summed E-state index contributed by atoms with van der Waals surface area (Å²) < 4.78 is 5.21. The van der Waals surface area contributed by atoms with Gasteiger partial charge >= 0.3 is 5.69 Å². The maximum absolute atomic E-state index is 13.3. The standard InChI is InChI=1S/C22H23N3O6S2/c1-31-16-6-11(5-15(18(16)26)25(29)30)7-17-19(27)24(21(32)33-17)23-20(28)22-8-12-2-13(9-22)4-14(3-12)10-22/h5-7,12-14,26H,2-4,8-10H2,1H3,(H,23,28)/b17-7+. The fourth-order valence-electron chi connectivity index (χ4n) is 6.32. The number of nitrogens with zero attached hydrogens (tertiary/aromatic N) is 2. The lowest BCUT2D eigenvalue weighted by molar-refractivity contribution is -0.386. The number of thiocarbonyl (C=S) groups is 1. The maximum atomic E-state index is 13.3. The molecule has 1 aliphatic heterocycles. The summed E-state index contributed by atoms with van der Waals surface area (Å²) in [5.41, 5.74) is 2.12. The van der Waals surface area contributed by atoms with Crippen molar-refractivity contribution in [1.29, 1.82) is 0 Å². The number of ether oxygens (including phenoxy) is 1. The van der Waals surface area contributed by atoms with E-state index in [1.165, 1.54) is 38.5 Å². The molecule has 4 bridgehead atoms. The molecule has 4 saturated carbocycles. The topological polar surface area (TPSA) is 122 Å². The quantitative estimate of drug-likeness (QED) is 0.278. The van der Waals surface area contributed by atoms with Crippen LogP contribution in [0.3, 0.4) is 0 Å². The van der Waals surface area contributed by atoms with Crippen LogP contribution in [-0.4, -0.2) is 38.3 Å². The van der Waals surface area contributed by atoms with Crippen LogP contribution in [0.1, 0.15) is 44.1 Å². The molecular weight excluding hydrogens is 466 g/mol. The van der Waals surface area contributed by atoms with Crippen LogP contribution in [0, 0.1) is 33.3 Å². The number of hydrogen-bond acceptors (Lipinski definition) is 8. The lowest BCUT2D eigenvalue weighted by Gasteiger charge is -2.55. The van der Waals surface area contributed by atoms with Crippen molar-refractivity contribution in [2.75, 3.05) is 7.11 Å². The van der Waals surface area contributed by atoms with Gasteiger partial charge in [0.1, 0.15) is 0 Å². The first-order valence-electron chi connectivity index (χ1n) is 10.8. The third kappa shape index (κ3) is 3.76. The van der Waals surface area contributed by atoms with Gasteiger partial charge in [0.05, 0.1) is 22.4 Å². The predicted octanol–water partition coefficient (Wildman–Crippen LogP) is 3.76. The van der Waals surface area contributed by atoms with Crippen molar-refractivity contribution in [3.8, 4) is 11.5 Å². The van der Waals surface area contributed by atoms with Crippen LogP contribution in [0.4, 0.5) is 5.69 Å². The molecule has 1 aromatic rings. The molecule has 4 aliphatic carbocycles. The summed E-state index contributed by atoms with van der Waals surface area (Å²) >= 11 is 6.36. The Bertz CT molecular complexity index is 1080. The molecule has 1 aromatic carbocycles. The molecule has 5 aliphatic rings. The van der Waals surface area contributed by atoms with E-state index in [0.29, 0.717) is 23.3 Å². The minimum absolute atomic E-state index is 0.0824. The fraction of sp³-hybridized carbons (Fsp3) is 0.500. The molecule has 0 aromatic heterocycles. The first-order valence-corrected chi connectivity index (χ1v) is 12.1. The van der Waals surface area contributed by atoms with Gasteiger partial charge in [-0.3, -0.25) is 25.1 Å². The summed E-state index contributed by atoms with van der Waals surface area (Å²) in [5.74, 6) is 0.477. The van der Waals surface area contributed by atoms with E-state index in [2.05, 4.69) is 5.43 Å². The average molecular weight is 490 g/mol. The summed E-state index contributed by atoms with van der Waals surface area (Å²) in [6.07, 6.45) is 7.66. The van der Waals surface area contributed by atoms with Crippen LogP contribution >= 0.6 is 24.0 Å². The number of hydrogen-bond donors (Lipinski definition) is 2. The van der Waals surface area contributed by atoms with E-state index in [-0.39, 0.29) is 20.9 Å². The normalized spacial score (nSPS) is 31.4. The van der Waals surface area contributed by atoms with Gasteiger partial charge in [-0.05, 0) is 86.2 Å². The van der Waals surface area contributed by atoms with Crippen molar-refractivity contribution in [1.82, 2.24) is 10.4 Å². The summed E-state index contributed by atoms with van der Waals surface area (Å²) in [6, 6.07) is 2.54. The largest absolute Gasteiger partial charge is 0.500 e. The number of rotatable bonds is 5. The fourth-order valence-corrected chi connectivity index (χ4v) is 7.50. The second kappa shape index (κ2) is 7.98. The van der Waals surface area contributed by atoms with E-state index >= 15 is 0 Å². The molecule has 174 valence electrons. The zero-order chi connectivity index (χ0) is 23.5. The molecule has 0 spiro atoms. The van der Waals surface area contributed by atoms with Gasteiger partial charge in [0.2, 0.25) is 11.7 Å². The van der Waals surface area contributed by atoms with Crippen LogP contribution in [0.25, 0.3) is 6.08 Å². The molecule has 0 radical (unpaired) electrons. The Hall–Kier alpha value is -2.66. The van der Waals surface area contributed by atoms with Crippen LogP contribution in [0.15, 0.2) is 17.0 Å². The molecule has 5 fully saturated rings. The van der Waals surface area contributed by atoms with Crippen LogP contribution < -0.4 is 10.2 Å². The highest BCUT2D eigenvalue weighted by Gasteiger charge is 2.55. The van der Waals surface area contributed by atoms with Crippen LogP contribution in [0.2, 0.25) is 0 Å². The Labute approximate surface area is 199 Å². The number of phenolic OH excluding ortho intramolecular Hbond substituents is 1. The molecule has 1 saturated heterocycles. The van der Waals surface area contributed by atoms with Gasteiger partial charge in [0, 0.05) is 6.07 Å². The zero-order valence-corrected chi connectivity index (χ0v) is 19.5. The van der Waals surface area contributed by atoms with E-state index in [9.17, 15) is 24.8 Å². The minimum atomic E-state index is -0.730. The number of thioether (sulfide) groups is 1. The SMILES string of the molecule is COc1cc(/C=C2/SC(=S)N(NC(=O)C34CC5CC(CC(C5)C3)C4)C2=O)cc([N+](=O)[O-])c1O. The minimum Gasteiger partial charge on any atom is -0.500 e. The van der Waals surface area contributed by atoms with Crippen molar-refractivity contribution in [3.63, 3.8) is 0 Å². The van der Waals surface area contributed by atoms with E-state index in [0.717, 1.165) is 42.1 Å². The number of nitrogens with one attached hydrogen (secondary N) is 1. The highest BCUT2D eigenvalue weighted by molar-refractivity contribution is 8.26. The monoisotopic (exact) mass is 489 g/mol. The Kier molecular flexibility index (Phi) is 5.36. The Morgan fingerprint density at radius 1 is 1.30 bits per heavy atom. The number of amides is 2. The average Bonchev–Trinajstić information content (AvgIpc) is 3.01. The number of carbonyl (C=O) groups excluding carboxylic acids is 2. The van der Waals surface area contributed by atoms with Gasteiger partial charge in [-0.15, -0.1) is 0 Å². The molecule has 6 rings (SSSR count). The molecule has 2 amide bonds. The first-order chi connectivity index (χ1) is 15.7. The van der Waals surface area contributed by atoms with E-state index in [1.54, 1.807) is 0 Å². The summed E-state index contributed by atoms with van der Waals surface area (Å²) in [7, 11) is 1.28. The van der Waals surface area contributed by atoms with Crippen LogP contribution in [-0.2, 0) is 9.59 Å². The molecule has 0 unspecified atom stereocenters. The molecule has 1 heterocycles. The highest BCUT2D eigenvalue weighted by Crippen LogP contribution is 2.60. The van der Waals surface area contributed by atoms with Gasteiger partial charge in [0.15, 0.2) is 10.1 Å². The first kappa shape index (κ1) is 22.1. The predicted molar refractivity (Wildman–Crippen MR) is 125 cm³/mol. The third-order valence-corrected chi connectivity index (χ3v) is 8.62. The van der Waals surface area contributed by atoms with E-state index in [4.69, 9.17) is 17.0 Å². The van der Waals surface area contributed by atoms with Crippen molar-refractivity contribution in [2.24, 2.45) is 23.2 Å². The smallest absolute Gasteiger partial charge is 0.315 e. The lowest BCUT2D eigenvalue weighted by atomic mass is 9.49. The maximum Gasteiger partial charge on any atom is 0.315 e. The number of methoxy groups -OCH3 is 1. The van der Waals surface area contributed by atoms with Crippen molar-refractivity contribution < 1.29 is 24.4 Å². The Balaban J connectivity index is 1.37. The number of nitro benzene ring substituents is 1. The summed E-state index contributed by atoms with van der Waals surface area (Å²) in [4.78, 5) is 37.1. The van der Waals surface area contributed by atoms with Gasteiger partial charge in [0.25, 0.3) is 5.91 Å². The lowest BCUT2D eigenvalue weighted by Crippen LogP contribution is -2.57. The molecule has 9 nitrogen and oxygen atoms in total.